The lowest BCUT2D eigenvalue weighted by atomic mass is 9.58. The van der Waals surface area contributed by atoms with Crippen LogP contribution in [0.4, 0.5) is 0 Å². The average Bonchev–Trinajstić information content (AvgIpc) is 2.61. The van der Waals surface area contributed by atoms with E-state index in [0.29, 0.717) is 5.57 Å². The van der Waals surface area contributed by atoms with Crippen LogP contribution in [-0.2, 0) is 19.1 Å². The van der Waals surface area contributed by atoms with Crippen LogP contribution < -0.4 is 0 Å². The highest BCUT2D eigenvalue weighted by Crippen LogP contribution is 2.53. The summed E-state index contributed by atoms with van der Waals surface area (Å²) in [5.74, 6) is -2.79. The molecule has 0 saturated heterocycles. The third kappa shape index (κ3) is 2.33. The van der Waals surface area contributed by atoms with E-state index in [1.807, 2.05) is 25.1 Å². The fourth-order valence-electron chi connectivity index (χ4n) is 3.87. The maximum Gasteiger partial charge on any atom is 0.321 e. The average molecular weight is 344 g/mol. The van der Waals surface area contributed by atoms with Gasteiger partial charge in [0.15, 0.2) is 0 Å². The quantitative estimate of drug-likeness (QED) is 0.780. The molecule has 3 rings (SSSR count). The third-order valence-electron chi connectivity index (χ3n) is 5.04. The van der Waals surface area contributed by atoms with E-state index in [0.717, 1.165) is 16.7 Å². The topological polar surface area (TPSA) is 93.1 Å². The standard InChI is InChI=1S/C19H20O6/c1-10-5-4-6-11-7-8-19(18(23)25-3)12(14(10)11)9-13(20)16(21)15(19)17(22)24-2/h4-9,13,15-16,20-21H,1-3H3/t13-,15+,16+,19+/m0/s1. The summed E-state index contributed by atoms with van der Waals surface area (Å²) < 4.78 is 9.80. The molecule has 1 aromatic carbocycles. The lowest BCUT2D eigenvalue weighted by Gasteiger charge is -2.45. The van der Waals surface area contributed by atoms with Crippen molar-refractivity contribution >= 4 is 23.6 Å². The predicted molar refractivity (Wildman–Crippen MR) is 90.2 cm³/mol. The molecule has 132 valence electrons. The largest absolute Gasteiger partial charge is 0.469 e. The van der Waals surface area contributed by atoms with Crippen molar-refractivity contribution in [2.24, 2.45) is 11.3 Å². The Balaban J connectivity index is 2.36. The molecule has 2 N–H and O–H groups in total. The van der Waals surface area contributed by atoms with Crippen LogP contribution in [0.3, 0.4) is 0 Å². The molecule has 0 fully saturated rings. The van der Waals surface area contributed by atoms with Gasteiger partial charge in [0, 0.05) is 0 Å². The number of hydrogen-bond acceptors (Lipinski definition) is 6. The highest BCUT2D eigenvalue weighted by molar-refractivity contribution is 6.05. The van der Waals surface area contributed by atoms with Crippen LogP contribution in [0.1, 0.15) is 16.7 Å². The number of aliphatic hydroxyl groups excluding tert-OH is 2. The summed E-state index contributed by atoms with van der Waals surface area (Å²) >= 11 is 0. The second kappa shape index (κ2) is 6.13. The van der Waals surface area contributed by atoms with Gasteiger partial charge in [0.25, 0.3) is 0 Å². The molecule has 0 bridgehead atoms. The van der Waals surface area contributed by atoms with E-state index in [1.54, 1.807) is 12.2 Å². The summed E-state index contributed by atoms with van der Waals surface area (Å²) in [7, 11) is 2.40. The summed E-state index contributed by atoms with van der Waals surface area (Å²) in [6.45, 7) is 1.88. The zero-order chi connectivity index (χ0) is 18.4. The molecule has 0 aliphatic heterocycles. The SMILES string of the molecule is COC(=O)[C@H]1[C@H](O)[C@@H](O)C=C2c3c(C)cccc3C=C[C@@]21C(=O)OC. The number of rotatable bonds is 2. The van der Waals surface area contributed by atoms with Crippen molar-refractivity contribution in [2.75, 3.05) is 14.2 Å². The Kier molecular flexibility index (Phi) is 4.26. The molecule has 0 spiro atoms. The van der Waals surface area contributed by atoms with Crippen LogP contribution in [-0.4, -0.2) is 48.6 Å². The molecule has 0 heterocycles. The number of methoxy groups -OCH3 is 2. The number of hydrogen-bond donors (Lipinski definition) is 2. The Hall–Kier alpha value is -2.44. The second-order valence-corrected chi connectivity index (χ2v) is 6.30. The van der Waals surface area contributed by atoms with E-state index >= 15 is 0 Å². The number of aliphatic hydroxyl groups is 2. The van der Waals surface area contributed by atoms with Crippen molar-refractivity contribution in [3.05, 3.63) is 47.0 Å². The Bertz CT molecular complexity index is 793. The van der Waals surface area contributed by atoms with Crippen molar-refractivity contribution in [3.63, 3.8) is 0 Å². The van der Waals surface area contributed by atoms with Crippen molar-refractivity contribution in [3.8, 4) is 0 Å². The maximum atomic E-state index is 12.8. The minimum absolute atomic E-state index is 0.447. The van der Waals surface area contributed by atoms with Crippen LogP contribution in [0, 0.1) is 18.3 Å². The van der Waals surface area contributed by atoms with E-state index in [2.05, 4.69) is 0 Å². The van der Waals surface area contributed by atoms with Gasteiger partial charge in [-0.2, -0.15) is 0 Å². The van der Waals surface area contributed by atoms with Gasteiger partial charge < -0.3 is 19.7 Å². The molecule has 25 heavy (non-hydrogen) atoms. The highest BCUT2D eigenvalue weighted by Gasteiger charge is 2.60. The van der Waals surface area contributed by atoms with Crippen molar-refractivity contribution in [1.82, 2.24) is 0 Å². The molecule has 0 unspecified atom stereocenters. The Morgan fingerprint density at radius 2 is 1.88 bits per heavy atom. The van der Waals surface area contributed by atoms with Crippen molar-refractivity contribution < 1.29 is 29.3 Å². The van der Waals surface area contributed by atoms with E-state index in [9.17, 15) is 19.8 Å². The summed E-state index contributed by atoms with van der Waals surface area (Å²) in [4.78, 5) is 25.3. The zero-order valence-corrected chi connectivity index (χ0v) is 14.2. The summed E-state index contributed by atoms with van der Waals surface area (Å²) in [5.41, 5.74) is 1.38. The minimum Gasteiger partial charge on any atom is -0.469 e. The molecule has 0 saturated carbocycles. The number of fused-ring (bicyclic) bond motifs is 3. The third-order valence-corrected chi connectivity index (χ3v) is 5.04. The molecular weight excluding hydrogens is 324 g/mol. The molecule has 2 aliphatic rings. The first kappa shape index (κ1) is 17.4. The monoisotopic (exact) mass is 344 g/mol. The van der Waals surface area contributed by atoms with E-state index in [1.165, 1.54) is 20.3 Å². The molecule has 2 aliphatic carbocycles. The van der Waals surface area contributed by atoms with Gasteiger partial charge in [0.1, 0.15) is 11.3 Å². The molecule has 1 aromatic rings. The first-order chi connectivity index (χ1) is 11.9. The fourth-order valence-corrected chi connectivity index (χ4v) is 3.87. The van der Waals surface area contributed by atoms with Crippen LogP contribution >= 0.6 is 0 Å². The molecule has 6 nitrogen and oxygen atoms in total. The van der Waals surface area contributed by atoms with Gasteiger partial charge in [-0.15, -0.1) is 0 Å². The van der Waals surface area contributed by atoms with Gasteiger partial charge in [0.2, 0.25) is 0 Å². The fraction of sp³-hybridized carbons (Fsp3) is 0.368. The second-order valence-electron chi connectivity index (χ2n) is 6.30. The number of carbonyl (C=O) groups is 2. The smallest absolute Gasteiger partial charge is 0.321 e. The van der Waals surface area contributed by atoms with Gasteiger partial charge in [-0.25, -0.2) is 0 Å². The molecule has 0 amide bonds. The van der Waals surface area contributed by atoms with Crippen molar-refractivity contribution in [1.29, 1.82) is 0 Å². The Morgan fingerprint density at radius 3 is 2.52 bits per heavy atom. The number of esters is 2. The van der Waals surface area contributed by atoms with Crippen LogP contribution in [0.25, 0.3) is 11.6 Å². The first-order valence-corrected chi connectivity index (χ1v) is 7.92. The first-order valence-electron chi connectivity index (χ1n) is 7.92. The summed E-state index contributed by atoms with van der Waals surface area (Å²) in [6, 6.07) is 5.65. The number of aryl methyl sites for hydroxylation is 1. The van der Waals surface area contributed by atoms with Crippen LogP contribution in [0.15, 0.2) is 30.4 Å². The normalized spacial score (nSPS) is 30.0. The molecule has 4 atom stereocenters. The molecule has 0 radical (unpaired) electrons. The van der Waals surface area contributed by atoms with Gasteiger partial charge in [-0.3, -0.25) is 9.59 Å². The summed E-state index contributed by atoms with van der Waals surface area (Å²) in [6.07, 6.45) is 1.91. The van der Waals surface area contributed by atoms with Crippen molar-refractivity contribution in [2.45, 2.75) is 19.1 Å². The minimum atomic E-state index is -1.56. The van der Waals surface area contributed by atoms with Crippen LogP contribution in [0.5, 0.6) is 0 Å². The van der Waals surface area contributed by atoms with Gasteiger partial charge >= 0.3 is 11.9 Å². The van der Waals surface area contributed by atoms with Gasteiger partial charge in [-0.1, -0.05) is 30.4 Å². The van der Waals surface area contributed by atoms with Gasteiger partial charge in [0.05, 0.1) is 26.4 Å². The molecule has 0 aromatic heterocycles. The Morgan fingerprint density at radius 1 is 1.16 bits per heavy atom. The van der Waals surface area contributed by atoms with Gasteiger partial charge in [-0.05, 0) is 35.3 Å². The summed E-state index contributed by atoms with van der Waals surface area (Å²) in [5, 5.41) is 20.8. The number of benzene rings is 1. The molecular formula is C19H20O6. The lowest BCUT2D eigenvalue weighted by molar-refractivity contribution is -0.168. The highest BCUT2D eigenvalue weighted by atomic mass is 16.5. The number of carbonyl (C=O) groups excluding carboxylic acids is 2. The van der Waals surface area contributed by atoms with Crippen LogP contribution in [0.2, 0.25) is 0 Å². The van der Waals surface area contributed by atoms with E-state index in [4.69, 9.17) is 9.47 Å². The molecule has 6 heteroatoms. The number of ether oxygens (including phenoxy) is 2. The van der Waals surface area contributed by atoms with E-state index < -0.39 is 35.5 Å². The lowest BCUT2D eigenvalue weighted by Crippen LogP contribution is -2.55. The van der Waals surface area contributed by atoms with E-state index in [-0.39, 0.29) is 0 Å². The maximum absolute atomic E-state index is 12.8. The zero-order valence-electron chi connectivity index (χ0n) is 14.2. The Labute approximate surface area is 145 Å². The predicted octanol–water partition coefficient (Wildman–Crippen LogP) is 1.09.